The quantitative estimate of drug-likeness (QED) is 0.229. The molecule has 4 atom stereocenters. The summed E-state index contributed by atoms with van der Waals surface area (Å²) in [4.78, 5) is 28.4. The molecule has 8 nitrogen and oxygen atoms in total. The zero-order valence-corrected chi connectivity index (χ0v) is 27.8. The number of halogens is 1. The highest BCUT2D eigenvalue weighted by Gasteiger charge is 2.61. The minimum atomic E-state index is -0.572. The zero-order chi connectivity index (χ0) is 31.4. The Morgan fingerprint density at radius 1 is 1.11 bits per heavy atom. The van der Waals surface area contributed by atoms with Crippen molar-refractivity contribution in [2.45, 2.75) is 67.7 Å². The number of urea groups is 1. The minimum absolute atomic E-state index is 0.0963. The summed E-state index contributed by atoms with van der Waals surface area (Å²) in [6.07, 6.45) is 1.46. The van der Waals surface area contributed by atoms with Crippen molar-refractivity contribution in [1.29, 1.82) is 0 Å². The van der Waals surface area contributed by atoms with E-state index in [-0.39, 0.29) is 30.1 Å². The summed E-state index contributed by atoms with van der Waals surface area (Å²) in [5, 5.41) is 13.6. The van der Waals surface area contributed by atoms with E-state index in [9.17, 15) is 14.7 Å². The molecule has 0 saturated heterocycles. The van der Waals surface area contributed by atoms with Crippen LogP contribution in [0.1, 0.15) is 49.3 Å². The molecule has 3 aromatic rings. The lowest BCUT2D eigenvalue weighted by molar-refractivity contribution is -0.124. The molecular formula is C35H39BrN2O6S. The van der Waals surface area contributed by atoms with Gasteiger partial charge in [0.25, 0.3) is 0 Å². The molecule has 2 heterocycles. The maximum absolute atomic E-state index is 13.4. The van der Waals surface area contributed by atoms with Crippen molar-refractivity contribution in [3.05, 3.63) is 87.9 Å². The Balaban J connectivity index is 1.35. The first-order valence-electron chi connectivity index (χ1n) is 15.6. The number of benzene rings is 3. The molecule has 2 amide bonds. The molecule has 45 heavy (non-hydrogen) atoms. The molecular weight excluding hydrogens is 656 g/mol. The minimum Gasteiger partial charge on any atom is -0.493 e. The molecule has 0 bridgehead atoms. The number of ketones is 1. The first-order chi connectivity index (χ1) is 21.9. The summed E-state index contributed by atoms with van der Waals surface area (Å²) in [5.74, 6) is 3.03. The summed E-state index contributed by atoms with van der Waals surface area (Å²) in [7, 11) is 0. The lowest BCUT2D eigenvalue weighted by Gasteiger charge is -2.45. The second kappa shape index (κ2) is 14.1. The number of para-hydroxylation sites is 1. The summed E-state index contributed by atoms with van der Waals surface area (Å²) in [5.41, 5.74) is 2.57. The summed E-state index contributed by atoms with van der Waals surface area (Å²) < 4.78 is 19.6. The number of hydrogen-bond donors (Lipinski definition) is 2. The molecule has 3 aromatic carbocycles. The highest BCUT2D eigenvalue weighted by Crippen LogP contribution is 2.61. The van der Waals surface area contributed by atoms with Crippen LogP contribution in [0.5, 0.6) is 17.2 Å². The Kier molecular flexibility index (Phi) is 9.92. The van der Waals surface area contributed by atoms with E-state index >= 15 is 0 Å². The van der Waals surface area contributed by atoms with E-state index < -0.39 is 17.6 Å². The molecule has 1 unspecified atom stereocenters. The molecule has 0 aromatic heterocycles. The topological polar surface area (TPSA) is 97.3 Å². The third-order valence-corrected chi connectivity index (χ3v) is 11.2. The van der Waals surface area contributed by atoms with Crippen molar-refractivity contribution in [1.82, 2.24) is 10.2 Å². The molecule has 2 N–H and O–H groups in total. The highest BCUT2D eigenvalue weighted by molar-refractivity contribution is 9.10. The molecule has 238 valence electrons. The third kappa shape index (κ3) is 6.42. The number of amides is 2. The molecule has 1 saturated carbocycles. The summed E-state index contributed by atoms with van der Waals surface area (Å²) in [6.45, 7) is 3.40. The van der Waals surface area contributed by atoms with Crippen LogP contribution < -0.4 is 19.5 Å². The molecule has 6 rings (SSSR count). The second-order valence-electron chi connectivity index (χ2n) is 11.8. The fourth-order valence-corrected chi connectivity index (χ4v) is 9.02. The van der Waals surface area contributed by atoms with Crippen LogP contribution in [0.3, 0.4) is 0 Å². The molecule has 0 radical (unpaired) electrons. The standard InChI is InChI=1S/C35H39BrN2O6S/c1-2-37-34(41)38-20-24-16-28(43-15-9-14-42-27-12-7-4-8-13-27)32(36)33-31(24)35(19-25(38)21-39)29(44-33)17-26(40)18-30(35)45-22-23-10-5-3-6-11-23/h3-8,10-13,16,25,29-30,39H,2,9,14-15,17-22H2,1H3,(H,37,41)/t25-,29+,30+,35?/m0/s1. The number of carbonyl (C=O) groups excluding carboxylic acids is 2. The number of aliphatic hydroxyl groups is 1. The Labute approximate surface area is 276 Å². The number of thioether (sulfide) groups is 1. The van der Waals surface area contributed by atoms with Gasteiger partial charge in [0, 0.05) is 48.9 Å². The van der Waals surface area contributed by atoms with Crippen molar-refractivity contribution < 1.29 is 28.9 Å². The SMILES string of the molecule is CCNC(=O)N1Cc2cc(OCCCOc3ccccc3)c(Br)c3c2C2(C[C@H]1CO)[C@@H](CC(=O)C[C@H]2SCc1ccccc1)O3. The number of aliphatic hydroxyl groups excluding tert-OH is 1. The monoisotopic (exact) mass is 694 g/mol. The van der Waals surface area contributed by atoms with E-state index in [1.54, 1.807) is 16.7 Å². The number of hydrogen-bond acceptors (Lipinski definition) is 7. The second-order valence-corrected chi connectivity index (χ2v) is 13.8. The predicted molar refractivity (Wildman–Crippen MR) is 178 cm³/mol. The van der Waals surface area contributed by atoms with Crippen LogP contribution in [0.15, 0.2) is 71.2 Å². The molecule has 1 aliphatic carbocycles. The predicted octanol–water partition coefficient (Wildman–Crippen LogP) is 6.26. The van der Waals surface area contributed by atoms with E-state index in [0.717, 1.165) is 22.6 Å². The number of carbonyl (C=O) groups is 2. The van der Waals surface area contributed by atoms with Crippen LogP contribution in [-0.2, 0) is 22.5 Å². The van der Waals surface area contributed by atoms with Gasteiger partial charge in [-0.1, -0.05) is 48.5 Å². The van der Waals surface area contributed by atoms with Crippen molar-refractivity contribution in [2.24, 2.45) is 0 Å². The number of nitrogens with zero attached hydrogens (tertiary/aromatic N) is 1. The van der Waals surface area contributed by atoms with Crippen LogP contribution >= 0.6 is 27.7 Å². The average Bonchev–Trinajstić information content (AvgIpc) is 3.31. The van der Waals surface area contributed by atoms with E-state index in [4.69, 9.17) is 14.2 Å². The Morgan fingerprint density at radius 2 is 1.84 bits per heavy atom. The van der Waals surface area contributed by atoms with Gasteiger partial charge in [0.2, 0.25) is 0 Å². The van der Waals surface area contributed by atoms with Gasteiger partial charge in [-0.15, -0.1) is 0 Å². The number of rotatable bonds is 11. The molecule has 2 aliphatic heterocycles. The van der Waals surface area contributed by atoms with Gasteiger partial charge in [-0.05, 0) is 58.6 Å². The molecule has 1 spiro atoms. The Bertz CT molecular complexity index is 1510. The number of ether oxygens (including phenoxy) is 3. The zero-order valence-electron chi connectivity index (χ0n) is 25.4. The molecule has 1 fully saturated rings. The first kappa shape index (κ1) is 31.8. The fourth-order valence-electron chi connectivity index (χ4n) is 6.95. The molecule has 10 heteroatoms. The normalized spacial score (nSPS) is 23.4. The van der Waals surface area contributed by atoms with Crippen LogP contribution in [0.2, 0.25) is 0 Å². The van der Waals surface area contributed by atoms with E-state index in [1.807, 2.05) is 61.5 Å². The van der Waals surface area contributed by atoms with Gasteiger partial charge in [0.15, 0.2) is 0 Å². The van der Waals surface area contributed by atoms with Crippen molar-refractivity contribution in [3.63, 3.8) is 0 Å². The van der Waals surface area contributed by atoms with E-state index in [2.05, 4.69) is 33.4 Å². The van der Waals surface area contributed by atoms with Crippen LogP contribution in [-0.4, -0.2) is 65.6 Å². The Hall–Kier alpha value is -3.21. The van der Waals surface area contributed by atoms with Gasteiger partial charge in [-0.3, -0.25) is 4.79 Å². The lowest BCUT2D eigenvalue weighted by Crippen LogP contribution is -2.56. The van der Waals surface area contributed by atoms with Crippen LogP contribution in [0.4, 0.5) is 4.79 Å². The maximum atomic E-state index is 13.4. The largest absolute Gasteiger partial charge is 0.493 e. The van der Waals surface area contributed by atoms with E-state index in [1.165, 1.54) is 5.56 Å². The van der Waals surface area contributed by atoms with Crippen LogP contribution in [0, 0.1) is 0 Å². The summed E-state index contributed by atoms with van der Waals surface area (Å²) >= 11 is 5.57. The van der Waals surface area contributed by atoms with Gasteiger partial charge < -0.3 is 29.5 Å². The smallest absolute Gasteiger partial charge is 0.318 e. The van der Waals surface area contributed by atoms with Gasteiger partial charge >= 0.3 is 6.03 Å². The molecule has 3 aliphatic rings. The first-order valence-corrected chi connectivity index (χ1v) is 17.4. The average molecular weight is 696 g/mol. The fraction of sp³-hybridized carbons (Fsp3) is 0.429. The van der Waals surface area contributed by atoms with Gasteiger partial charge in [0.05, 0.1) is 31.3 Å². The maximum Gasteiger partial charge on any atom is 0.318 e. The van der Waals surface area contributed by atoms with Crippen LogP contribution in [0.25, 0.3) is 0 Å². The van der Waals surface area contributed by atoms with Crippen molar-refractivity contribution in [3.8, 4) is 17.2 Å². The number of nitrogens with one attached hydrogen (secondary N) is 1. The van der Waals surface area contributed by atoms with E-state index in [0.29, 0.717) is 61.5 Å². The number of Topliss-reactive ketones (excluding diaryl/α,β-unsaturated/α-hetero) is 1. The Morgan fingerprint density at radius 3 is 2.58 bits per heavy atom. The lowest BCUT2D eigenvalue weighted by atomic mass is 9.64. The van der Waals surface area contributed by atoms with Crippen molar-refractivity contribution >= 4 is 39.5 Å². The van der Waals surface area contributed by atoms with Gasteiger partial charge in [-0.25, -0.2) is 4.79 Å². The van der Waals surface area contributed by atoms with Gasteiger partial charge in [-0.2, -0.15) is 11.8 Å². The third-order valence-electron chi connectivity index (χ3n) is 8.98. The van der Waals surface area contributed by atoms with Crippen molar-refractivity contribution in [2.75, 3.05) is 26.4 Å². The van der Waals surface area contributed by atoms with Gasteiger partial charge in [0.1, 0.15) is 33.6 Å². The highest BCUT2D eigenvalue weighted by atomic mass is 79.9. The summed E-state index contributed by atoms with van der Waals surface area (Å²) in [6, 6.07) is 21.3.